The lowest BCUT2D eigenvalue weighted by molar-refractivity contribution is -0.136. The Morgan fingerprint density at radius 1 is 1.28 bits per heavy atom. The summed E-state index contributed by atoms with van der Waals surface area (Å²) in [6, 6.07) is 5.90. The molecule has 0 fully saturated rings. The molecule has 0 aliphatic rings. The van der Waals surface area contributed by atoms with E-state index in [4.69, 9.17) is 9.52 Å². The van der Waals surface area contributed by atoms with E-state index in [1.165, 1.54) is 5.56 Å². The Balaban J connectivity index is 2.49. The minimum Gasteiger partial charge on any atom is -0.481 e. The van der Waals surface area contributed by atoms with E-state index < -0.39 is 5.97 Å². The number of nitrogens with zero attached hydrogens (tertiary/aromatic N) is 1. The molecule has 0 spiro atoms. The Morgan fingerprint density at radius 3 is 2.61 bits per heavy atom. The number of carbonyl (C=O) groups is 1. The van der Waals surface area contributed by atoms with Gasteiger partial charge in [-0.05, 0) is 31.0 Å². The Labute approximate surface area is 105 Å². The number of rotatable bonds is 3. The topological polar surface area (TPSA) is 63.3 Å². The van der Waals surface area contributed by atoms with Gasteiger partial charge in [0.1, 0.15) is 0 Å². The van der Waals surface area contributed by atoms with Crippen molar-refractivity contribution >= 4 is 5.97 Å². The van der Waals surface area contributed by atoms with Crippen molar-refractivity contribution in [2.45, 2.75) is 27.2 Å². The molecule has 1 N–H and O–H groups in total. The van der Waals surface area contributed by atoms with Crippen LogP contribution in [0.2, 0.25) is 0 Å². The molecule has 0 saturated heterocycles. The van der Waals surface area contributed by atoms with Crippen molar-refractivity contribution in [2.24, 2.45) is 0 Å². The minimum atomic E-state index is -0.909. The normalized spacial score (nSPS) is 10.6. The van der Waals surface area contributed by atoms with Gasteiger partial charge in [-0.1, -0.05) is 12.1 Å². The summed E-state index contributed by atoms with van der Waals surface area (Å²) in [4.78, 5) is 14.9. The number of carboxylic acid groups (broad SMARTS) is 1. The minimum absolute atomic E-state index is 0.125. The number of benzene rings is 1. The average molecular weight is 245 g/mol. The first-order chi connectivity index (χ1) is 8.47. The molecule has 1 aromatic heterocycles. The molecule has 94 valence electrons. The van der Waals surface area contributed by atoms with Crippen LogP contribution in [0.4, 0.5) is 0 Å². The van der Waals surface area contributed by atoms with Crippen LogP contribution in [0.5, 0.6) is 0 Å². The third kappa shape index (κ3) is 2.42. The Kier molecular flexibility index (Phi) is 3.19. The summed E-state index contributed by atoms with van der Waals surface area (Å²) >= 11 is 0. The molecule has 0 bridgehead atoms. The molecule has 2 rings (SSSR count). The molecule has 0 unspecified atom stereocenters. The molecule has 0 aliphatic heterocycles. The Morgan fingerprint density at radius 2 is 2.00 bits per heavy atom. The molecule has 1 heterocycles. The molecular weight excluding hydrogens is 230 g/mol. The highest BCUT2D eigenvalue weighted by Crippen LogP contribution is 2.27. The first-order valence-corrected chi connectivity index (χ1v) is 5.73. The first kappa shape index (κ1) is 12.4. The summed E-state index contributed by atoms with van der Waals surface area (Å²) in [6.45, 7) is 5.76. The smallest absolute Gasteiger partial charge is 0.309 e. The van der Waals surface area contributed by atoms with Gasteiger partial charge in [0.2, 0.25) is 0 Å². The molecule has 1 aromatic carbocycles. The van der Waals surface area contributed by atoms with Crippen LogP contribution in [0.1, 0.15) is 22.7 Å². The van der Waals surface area contributed by atoms with Crippen LogP contribution >= 0.6 is 0 Å². The Hall–Kier alpha value is -2.10. The van der Waals surface area contributed by atoms with Crippen molar-refractivity contribution in [2.75, 3.05) is 0 Å². The van der Waals surface area contributed by atoms with E-state index in [1.54, 1.807) is 6.92 Å². The van der Waals surface area contributed by atoms with Gasteiger partial charge in [0.15, 0.2) is 11.7 Å². The molecule has 4 heteroatoms. The zero-order valence-electron chi connectivity index (χ0n) is 10.7. The third-order valence-electron chi connectivity index (χ3n) is 2.89. The van der Waals surface area contributed by atoms with E-state index in [-0.39, 0.29) is 6.42 Å². The number of oxazole rings is 1. The predicted octanol–water partition coefficient (Wildman–Crippen LogP) is 2.89. The molecule has 0 atom stereocenters. The van der Waals surface area contributed by atoms with Gasteiger partial charge in [-0.3, -0.25) is 4.79 Å². The van der Waals surface area contributed by atoms with Crippen molar-refractivity contribution in [1.82, 2.24) is 4.98 Å². The number of carboxylic acids is 1. The van der Waals surface area contributed by atoms with Crippen molar-refractivity contribution in [3.63, 3.8) is 0 Å². The first-order valence-electron chi connectivity index (χ1n) is 5.73. The summed E-state index contributed by atoms with van der Waals surface area (Å²) in [7, 11) is 0. The van der Waals surface area contributed by atoms with Gasteiger partial charge in [0.05, 0.1) is 12.1 Å². The van der Waals surface area contributed by atoms with Gasteiger partial charge in [-0.15, -0.1) is 0 Å². The maximum absolute atomic E-state index is 10.8. The zero-order valence-corrected chi connectivity index (χ0v) is 10.7. The van der Waals surface area contributed by atoms with Gasteiger partial charge in [0, 0.05) is 12.5 Å². The summed E-state index contributed by atoms with van der Waals surface area (Å²) in [5.41, 5.74) is 3.68. The summed E-state index contributed by atoms with van der Waals surface area (Å²) in [5, 5.41) is 8.86. The van der Waals surface area contributed by atoms with E-state index in [1.807, 2.05) is 32.0 Å². The van der Waals surface area contributed by atoms with E-state index in [0.717, 1.165) is 11.1 Å². The van der Waals surface area contributed by atoms with Crippen molar-refractivity contribution < 1.29 is 14.3 Å². The van der Waals surface area contributed by atoms with E-state index in [0.29, 0.717) is 17.3 Å². The maximum atomic E-state index is 10.8. The van der Waals surface area contributed by atoms with Crippen LogP contribution in [-0.4, -0.2) is 16.1 Å². The van der Waals surface area contributed by atoms with Crippen LogP contribution in [0.3, 0.4) is 0 Å². The number of aliphatic carboxylic acids is 1. The SMILES string of the molecule is Cc1nc(CC(=O)O)c(-c2ccc(C)c(C)c2)o1. The maximum Gasteiger partial charge on any atom is 0.309 e. The van der Waals surface area contributed by atoms with E-state index in [9.17, 15) is 4.79 Å². The second kappa shape index (κ2) is 4.64. The highest BCUT2D eigenvalue weighted by atomic mass is 16.4. The standard InChI is InChI=1S/C14H15NO3/c1-8-4-5-11(6-9(8)2)14-12(7-13(16)17)15-10(3)18-14/h4-6H,7H2,1-3H3,(H,16,17). The van der Waals surface area contributed by atoms with Crippen LogP contribution in [0, 0.1) is 20.8 Å². The monoisotopic (exact) mass is 245 g/mol. The fourth-order valence-electron chi connectivity index (χ4n) is 1.84. The predicted molar refractivity (Wildman–Crippen MR) is 67.5 cm³/mol. The summed E-state index contributed by atoms with van der Waals surface area (Å²) in [6.07, 6.45) is -0.125. The molecule has 18 heavy (non-hydrogen) atoms. The second-order valence-corrected chi connectivity index (χ2v) is 4.38. The van der Waals surface area contributed by atoms with Gasteiger partial charge < -0.3 is 9.52 Å². The highest BCUT2D eigenvalue weighted by molar-refractivity contribution is 5.73. The lowest BCUT2D eigenvalue weighted by Gasteiger charge is -2.03. The Bertz CT molecular complexity index is 599. The quantitative estimate of drug-likeness (QED) is 0.903. The molecule has 0 aliphatic carbocycles. The fourth-order valence-corrected chi connectivity index (χ4v) is 1.84. The van der Waals surface area contributed by atoms with Gasteiger partial charge in [-0.2, -0.15) is 0 Å². The lowest BCUT2D eigenvalue weighted by atomic mass is 10.0. The number of hydrogen-bond acceptors (Lipinski definition) is 3. The van der Waals surface area contributed by atoms with Gasteiger partial charge >= 0.3 is 5.97 Å². The van der Waals surface area contributed by atoms with Crippen LogP contribution in [0.25, 0.3) is 11.3 Å². The number of aromatic nitrogens is 1. The molecule has 2 aromatic rings. The number of aryl methyl sites for hydroxylation is 3. The van der Waals surface area contributed by atoms with E-state index in [2.05, 4.69) is 4.98 Å². The zero-order chi connectivity index (χ0) is 13.3. The van der Waals surface area contributed by atoms with E-state index >= 15 is 0 Å². The van der Waals surface area contributed by atoms with Crippen molar-refractivity contribution in [3.8, 4) is 11.3 Å². The molecular formula is C14H15NO3. The van der Waals surface area contributed by atoms with Crippen LogP contribution in [0.15, 0.2) is 22.6 Å². The number of hydrogen-bond donors (Lipinski definition) is 1. The van der Waals surface area contributed by atoms with Crippen molar-refractivity contribution in [3.05, 3.63) is 40.9 Å². The second-order valence-electron chi connectivity index (χ2n) is 4.38. The molecule has 0 saturated carbocycles. The average Bonchev–Trinajstić information content (AvgIpc) is 2.62. The summed E-state index contributed by atoms with van der Waals surface area (Å²) < 4.78 is 5.52. The fraction of sp³-hybridized carbons (Fsp3) is 0.286. The molecule has 4 nitrogen and oxygen atoms in total. The van der Waals surface area contributed by atoms with Gasteiger partial charge in [0.25, 0.3) is 0 Å². The van der Waals surface area contributed by atoms with Gasteiger partial charge in [-0.25, -0.2) is 4.98 Å². The molecule has 0 amide bonds. The highest BCUT2D eigenvalue weighted by Gasteiger charge is 2.16. The third-order valence-corrected chi connectivity index (χ3v) is 2.89. The van der Waals surface area contributed by atoms with Crippen molar-refractivity contribution in [1.29, 1.82) is 0 Å². The summed E-state index contributed by atoms with van der Waals surface area (Å²) in [5.74, 6) is 0.130. The lowest BCUT2D eigenvalue weighted by Crippen LogP contribution is -2.01. The van der Waals surface area contributed by atoms with Crippen LogP contribution < -0.4 is 0 Å². The van der Waals surface area contributed by atoms with Crippen LogP contribution in [-0.2, 0) is 11.2 Å². The molecule has 0 radical (unpaired) electrons. The largest absolute Gasteiger partial charge is 0.481 e.